The number of hydrogen-bond acceptors (Lipinski definition) is 6. The molecule has 1 aromatic heterocycles. The minimum Gasteiger partial charge on any atom is -0.371 e. The highest BCUT2D eigenvalue weighted by Gasteiger charge is 2.28. The van der Waals surface area contributed by atoms with Crippen molar-refractivity contribution in [2.24, 2.45) is 0 Å². The summed E-state index contributed by atoms with van der Waals surface area (Å²) in [5, 5.41) is 7.02. The molecule has 0 aliphatic carbocycles. The second kappa shape index (κ2) is 10.6. The van der Waals surface area contributed by atoms with Gasteiger partial charge >= 0.3 is 0 Å². The molecule has 0 radical (unpaired) electrons. The van der Waals surface area contributed by atoms with Gasteiger partial charge in [-0.25, -0.2) is 4.98 Å². The fraction of sp³-hybridized carbons (Fsp3) is 0.269. The molecule has 2 aliphatic heterocycles. The zero-order chi connectivity index (χ0) is 24.2. The van der Waals surface area contributed by atoms with Crippen molar-refractivity contribution < 1.29 is 9.59 Å². The highest BCUT2D eigenvalue weighted by atomic mass is 35.5. The van der Waals surface area contributed by atoms with E-state index in [0.717, 1.165) is 40.9 Å². The van der Waals surface area contributed by atoms with Crippen LogP contribution in [-0.2, 0) is 10.5 Å². The van der Waals surface area contributed by atoms with E-state index in [1.165, 1.54) is 0 Å². The van der Waals surface area contributed by atoms with Crippen molar-refractivity contribution in [3.63, 3.8) is 0 Å². The fourth-order valence-electron chi connectivity index (χ4n) is 4.26. The Balaban J connectivity index is 1.17. The lowest BCUT2D eigenvalue weighted by Crippen LogP contribution is -2.49. The molecule has 5 rings (SSSR count). The number of amides is 2. The van der Waals surface area contributed by atoms with E-state index >= 15 is 0 Å². The van der Waals surface area contributed by atoms with E-state index in [9.17, 15) is 9.59 Å². The number of anilines is 3. The molecule has 0 spiro atoms. The minimum atomic E-state index is -0.351. The van der Waals surface area contributed by atoms with Crippen molar-refractivity contribution in [3.8, 4) is 0 Å². The van der Waals surface area contributed by atoms with Gasteiger partial charge in [-0.2, -0.15) is 11.8 Å². The van der Waals surface area contributed by atoms with Gasteiger partial charge in [-0.05, 0) is 42.0 Å². The number of carbonyl (C=O) groups excluding carboxylic acids is 2. The Hall–Kier alpha value is -3.23. The molecule has 2 aliphatic rings. The maximum Gasteiger partial charge on any atom is 0.254 e. The van der Waals surface area contributed by atoms with Crippen LogP contribution >= 0.6 is 23.4 Å². The number of nitrogens with one attached hydrogen (secondary N) is 2. The van der Waals surface area contributed by atoms with Crippen LogP contribution in [0.25, 0.3) is 0 Å². The molecule has 180 valence electrons. The van der Waals surface area contributed by atoms with Gasteiger partial charge in [0.2, 0.25) is 5.91 Å². The summed E-state index contributed by atoms with van der Waals surface area (Å²) in [5.74, 6) is 2.15. The Bertz CT molecular complexity index is 1220. The number of carbonyl (C=O) groups is 2. The third-order valence-electron chi connectivity index (χ3n) is 6.21. The molecule has 2 aromatic carbocycles. The first-order valence-corrected chi connectivity index (χ1v) is 13.1. The zero-order valence-corrected chi connectivity index (χ0v) is 20.7. The summed E-state index contributed by atoms with van der Waals surface area (Å²) in [6, 6.07) is 18.7. The lowest BCUT2D eigenvalue weighted by Gasteiger charge is -2.35. The van der Waals surface area contributed by atoms with Gasteiger partial charge in [0.05, 0.1) is 11.4 Å². The number of pyridine rings is 1. The van der Waals surface area contributed by atoms with Crippen LogP contribution in [0.2, 0.25) is 5.02 Å². The van der Waals surface area contributed by atoms with Gasteiger partial charge in [0, 0.05) is 54.5 Å². The molecule has 1 atom stereocenters. The normalized spacial score (nSPS) is 17.4. The Labute approximate surface area is 213 Å². The number of benzene rings is 2. The first kappa shape index (κ1) is 23.5. The Morgan fingerprint density at radius 3 is 2.60 bits per heavy atom. The average molecular weight is 508 g/mol. The third-order valence-corrected chi connectivity index (χ3v) is 7.66. The van der Waals surface area contributed by atoms with Crippen molar-refractivity contribution in [2.45, 2.75) is 11.8 Å². The summed E-state index contributed by atoms with van der Waals surface area (Å²) < 4.78 is 0. The van der Waals surface area contributed by atoms with Crippen molar-refractivity contribution in [3.05, 3.63) is 83.0 Å². The number of nitrogens with zero attached hydrogens (tertiary/aromatic N) is 3. The van der Waals surface area contributed by atoms with Gasteiger partial charge in [-0.3, -0.25) is 9.59 Å². The molecule has 7 nitrogen and oxygen atoms in total. The summed E-state index contributed by atoms with van der Waals surface area (Å²) in [5.41, 5.74) is 3.09. The number of thioether (sulfide) groups is 1. The van der Waals surface area contributed by atoms with Gasteiger partial charge < -0.3 is 20.4 Å². The van der Waals surface area contributed by atoms with E-state index in [1.807, 2.05) is 59.5 Å². The Morgan fingerprint density at radius 1 is 1.03 bits per heavy atom. The highest BCUT2D eigenvalue weighted by molar-refractivity contribution is 7.98. The van der Waals surface area contributed by atoms with E-state index in [2.05, 4.69) is 20.5 Å². The summed E-state index contributed by atoms with van der Waals surface area (Å²) >= 11 is 7.88. The smallest absolute Gasteiger partial charge is 0.254 e. The predicted octanol–water partition coefficient (Wildman–Crippen LogP) is 4.36. The second-order valence-corrected chi connectivity index (χ2v) is 9.96. The molecule has 3 aromatic rings. The molecule has 3 heterocycles. The Kier molecular flexibility index (Phi) is 7.11. The van der Waals surface area contributed by atoms with E-state index in [1.54, 1.807) is 24.0 Å². The van der Waals surface area contributed by atoms with Crippen LogP contribution in [0.4, 0.5) is 17.2 Å². The number of hydrogen-bond donors (Lipinski definition) is 2. The molecular formula is C26H26ClN5O2S. The molecule has 1 fully saturated rings. The molecule has 9 heteroatoms. The van der Waals surface area contributed by atoms with E-state index in [0.29, 0.717) is 30.1 Å². The van der Waals surface area contributed by atoms with Crippen LogP contribution in [0.15, 0.2) is 66.9 Å². The van der Waals surface area contributed by atoms with E-state index in [4.69, 9.17) is 11.6 Å². The van der Waals surface area contributed by atoms with Crippen molar-refractivity contribution in [1.82, 2.24) is 9.88 Å². The van der Waals surface area contributed by atoms with Gasteiger partial charge in [0.15, 0.2) is 0 Å². The summed E-state index contributed by atoms with van der Waals surface area (Å²) in [6.07, 6.45) is 1.78. The van der Waals surface area contributed by atoms with Crippen molar-refractivity contribution in [1.29, 1.82) is 0 Å². The van der Waals surface area contributed by atoms with Crippen LogP contribution in [0, 0.1) is 0 Å². The van der Waals surface area contributed by atoms with Crippen LogP contribution in [0.1, 0.15) is 15.9 Å². The Morgan fingerprint density at radius 2 is 1.83 bits per heavy atom. The molecule has 1 saturated heterocycles. The third kappa shape index (κ3) is 5.39. The quantitative estimate of drug-likeness (QED) is 0.516. The summed E-state index contributed by atoms with van der Waals surface area (Å²) in [6.45, 7) is 2.72. The zero-order valence-electron chi connectivity index (χ0n) is 19.1. The number of halogens is 1. The highest BCUT2D eigenvalue weighted by Crippen LogP contribution is 2.30. The number of rotatable bonds is 6. The van der Waals surface area contributed by atoms with Gasteiger partial charge in [-0.15, -0.1) is 0 Å². The standard InChI is InChI=1S/C26H26ClN5O2S/c27-20-6-2-1-5-19(20)16-35-17-23-25(33)30-22-15-18(8-9-21(22)29-23)26(34)32-13-11-31(12-14-32)24-7-3-4-10-28-24/h1-10,15,23,29H,11-14,16-17H2,(H,30,33). The number of piperazine rings is 1. The second-order valence-electron chi connectivity index (χ2n) is 8.52. The van der Waals surface area contributed by atoms with Crippen LogP contribution in [-0.4, -0.2) is 59.7 Å². The van der Waals surface area contributed by atoms with Crippen molar-refractivity contribution >= 4 is 52.4 Å². The maximum atomic E-state index is 13.1. The lowest BCUT2D eigenvalue weighted by molar-refractivity contribution is -0.116. The fourth-order valence-corrected chi connectivity index (χ4v) is 5.60. The largest absolute Gasteiger partial charge is 0.371 e. The molecule has 0 bridgehead atoms. The van der Waals surface area contributed by atoms with Gasteiger partial charge in [0.1, 0.15) is 11.9 Å². The molecule has 1 unspecified atom stereocenters. The first-order chi connectivity index (χ1) is 17.1. The first-order valence-electron chi connectivity index (χ1n) is 11.6. The minimum absolute atomic E-state index is 0.0276. The average Bonchev–Trinajstić information content (AvgIpc) is 2.90. The number of aromatic nitrogens is 1. The maximum absolute atomic E-state index is 13.1. The van der Waals surface area contributed by atoms with Crippen LogP contribution in [0.3, 0.4) is 0 Å². The van der Waals surface area contributed by atoms with Gasteiger partial charge in [-0.1, -0.05) is 35.9 Å². The molecular weight excluding hydrogens is 482 g/mol. The molecule has 2 N–H and O–H groups in total. The molecule has 35 heavy (non-hydrogen) atoms. The van der Waals surface area contributed by atoms with Gasteiger partial charge in [0.25, 0.3) is 5.91 Å². The molecule has 2 amide bonds. The predicted molar refractivity (Wildman–Crippen MR) is 142 cm³/mol. The summed E-state index contributed by atoms with van der Waals surface area (Å²) in [7, 11) is 0. The monoisotopic (exact) mass is 507 g/mol. The topological polar surface area (TPSA) is 77.6 Å². The number of fused-ring (bicyclic) bond motifs is 1. The summed E-state index contributed by atoms with van der Waals surface area (Å²) in [4.78, 5) is 34.3. The molecule has 0 saturated carbocycles. The van der Waals surface area contributed by atoms with Crippen molar-refractivity contribution in [2.75, 3.05) is 47.5 Å². The van der Waals surface area contributed by atoms with E-state index in [-0.39, 0.29) is 17.9 Å². The van der Waals surface area contributed by atoms with E-state index < -0.39 is 0 Å². The van der Waals surface area contributed by atoms with Crippen LogP contribution < -0.4 is 15.5 Å². The SMILES string of the molecule is O=C1Nc2cc(C(=O)N3CCN(c4ccccn4)CC3)ccc2NC1CSCc1ccccc1Cl. The van der Waals surface area contributed by atoms with Crippen LogP contribution in [0.5, 0.6) is 0 Å². The lowest BCUT2D eigenvalue weighted by atomic mass is 10.1.